The first-order valence-electron chi connectivity index (χ1n) is 6.64. The van der Waals surface area contributed by atoms with Gasteiger partial charge in [-0.15, -0.1) is 0 Å². The highest BCUT2D eigenvalue weighted by Crippen LogP contribution is 2.24. The van der Waals surface area contributed by atoms with Crippen molar-refractivity contribution in [1.29, 1.82) is 0 Å². The number of carbonyl (C=O) groups is 1. The summed E-state index contributed by atoms with van der Waals surface area (Å²) in [6.45, 7) is 1.76. The molecule has 0 aromatic carbocycles. The average molecular weight is 251 g/mol. The van der Waals surface area contributed by atoms with Crippen molar-refractivity contribution < 1.29 is 14.3 Å². The van der Waals surface area contributed by atoms with Crippen LogP contribution in [0.5, 0.6) is 0 Å². The third-order valence-electron chi connectivity index (χ3n) is 3.62. The molecule has 0 amide bonds. The van der Waals surface area contributed by atoms with Crippen molar-refractivity contribution in [3.8, 4) is 0 Å². The molecule has 18 heavy (non-hydrogen) atoms. The largest absolute Gasteiger partial charge is 0.478 e. The summed E-state index contributed by atoms with van der Waals surface area (Å²) in [5.74, 6) is 0.586. The molecule has 4 heteroatoms. The molecule has 1 aliphatic rings. The number of hydrogen-bond acceptors (Lipinski definition) is 3. The van der Waals surface area contributed by atoms with E-state index >= 15 is 0 Å². The van der Waals surface area contributed by atoms with Crippen molar-refractivity contribution in [2.24, 2.45) is 5.92 Å². The summed E-state index contributed by atoms with van der Waals surface area (Å²) < 4.78 is 5.26. The summed E-state index contributed by atoms with van der Waals surface area (Å²) in [6.07, 6.45) is 8.03. The van der Waals surface area contributed by atoms with Crippen molar-refractivity contribution in [3.05, 3.63) is 23.7 Å². The van der Waals surface area contributed by atoms with Crippen LogP contribution in [-0.2, 0) is 6.54 Å². The minimum atomic E-state index is -0.931. The van der Waals surface area contributed by atoms with E-state index < -0.39 is 5.97 Å². The fourth-order valence-corrected chi connectivity index (χ4v) is 2.72. The molecule has 1 N–H and O–H groups in total. The lowest BCUT2D eigenvalue weighted by Crippen LogP contribution is -2.26. The first-order chi connectivity index (χ1) is 8.65. The minimum absolute atomic E-state index is 0.232. The van der Waals surface area contributed by atoms with E-state index in [0.717, 1.165) is 18.2 Å². The molecule has 0 spiro atoms. The molecular formula is C14H21NO3. The van der Waals surface area contributed by atoms with Gasteiger partial charge in [-0.3, -0.25) is 4.90 Å². The van der Waals surface area contributed by atoms with E-state index in [9.17, 15) is 4.79 Å². The smallest absolute Gasteiger partial charge is 0.338 e. The molecule has 1 heterocycles. The molecule has 100 valence electrons. The third kappa shape index (κ3) is 3.60. The molecule has 2 rings (SSSR count). The fraction of sp³-hybridized carbons (Fsp3) is 0.643. The van der Waals surface area contributed by atoms with E-state index in [-0.39, 0.29) is 5.56 Å². The molecule has 4 nitrogen and oxygen atoms in total. The first kappa shape index (κ1) is 13.1. The zero-order valence-electron chi connectivity index (χ0n) is 10.9. The Labute approximate surface area is 108 Å². The Bertz CT molecular complexity index is 393. The Balaban J connectivity index is 1.82. The van der Waals surface area contributed by atoms with Gasteiger partial charge in [-0.05, 0) is 31.9 Å². The topological polar surface area (TPSA) is 53.7 Å². The van der Waals surface area contributed by atoms with Crippen molar-refractivity contribution in [2.75, 3.05) is 13.6 Å². The quantitative estimate of drug-likeness (QED) is 0.874. The van der Waals surface area contributed by atoms with E-state index in [0.29, 0.717) is 6.54 Å². The first-order valence-corrected chi connectivity index (χ1v) is 6.64. The van der Waals surface area contributed by atoms with Crippen LogP contribution >= 0.6 is 0 Å². The number of nitrogens with zero attached hydrogens (tertiary/aromatic N) is 1. The van der Waals surface area contributed by atoms with Gasteiger partial charge in [-0.25, -0.2) is 4.79 Å². The summed E-state index contributed by atoms with van der Waals surface area (Å²) >= 11 is 0. The SMILES string of the molecule is CN(Cc1cc(C(=O)O)co1)CC1CCCCC1. The number of furan rings is 1. The van der Waals surface area contributed by atoms with Crippen LogP contribution in [0, 0.1) is 5.92 Å². The van der Waals surface area contributed by atoms with Crippen molar-refractivity contribution in [2.45, 2.75) is 38.6 Å². The van der Waals surface area contributed by atoms with Gasteiger partial charge >= 0.3 is 5.97 Å². The second kappa shape index (κ2) is 6.05. The van der Waals surface area contributed by atoms with Gasteiger partial charge in [0.1, 0.15) is 12.0 Å². The normalized spacial score (nSPS) is 17.2. The van der Waals surface area contributed by atoms with E-state index in [1.807, 2.05) is 0 Å². The number of carboxylic acid groups (broad SMARTS) is 1. The lowest BCUT2D eigenvalue weighted by molar-refractivity contribution is 0.0696. The molecule has 0 radical (unpaired) electrons. The van der Waals surface area contributed by atoms with Crippen LogP contribution in [-0.4, -0.2) is 29.6 Å². The van der Waals surface area contributed by atoms with Gasteiger partial charge in [-0.1, -0.05) is 19.3 Å². The predicted octanol–water partition coefficient (Wildman–Crippen LogP) is 2.99. The maximum atomic E-state index is 10.7. The highest BCUT2D eigenvalue weighted by Gasteiger charge is 2.16. The zero-order chi connectivity index (χ0) is 13.0. The fourth-order valence-electron chi connectivity index (χ4n) is 2.72. The molecule has 0 unspecified atom stereocenters. The minimum Gasteiger partial charge on any atom is -0.478 e. The van der Waals surface area contributed by atoms with Gasteiger partial charge in [0.2, 0.25) is 0 Å². The maximum Gasteiger partial charge on any atom is 0.338 e. The summed E-state index contributed by atoms with van der Waals surface area (Å²) in [4.78, 5) is 13.0. The molecule has 1 fully saturated rings. The Morgan fingerprint density at radius 1 is 1.44 bits per heavy atom. The monoisotopic (exact) mass is 251 g/mol. The van der Waals surface area contributed by atoms with Crippen LogP contribution in [0.4, 0.5) is 0 Å². The molecule has 1 aromatic heterocycles. The van der Waals surface area contributed by atoms with Crippen molar-refractivity contribution in [3.63, 3.8) is 0 Å². The molecule has 0 saturated heterocycles. The van der Waals surface area contributed by atoms with Gasteiger partial charge in [0.05, 0.1) is 12.1 Å². The summed E-state index contributed by atoms with van der Waals surface area (Å²) in [5.41, 5.74) is 0.232. The second-order valence-electron chi connectivity index (χ2n) is 5.31. The molecule has 0 aliphatic heterocycles. The van der Waals surface area contributed by atoms with Crippen LogP contribution in [0.2, 0.25) is 0 Å². The van der Waals surface area contributed by atoms with Gasteiger partial charge in [0, 0.05) is 6.54 Å². The van der Waals surface area contributed by atoms with Gasteiger partial charge < -0.3 is 9.52 Å². The summed E-state index contributed by atoms with van der Waals surface area (Å²) in [6, 6.07) is 1.61. The molecule has 1 aromatic rings. The van der Waals surface area contributed by atoms with Gasteiger partial charge in [0.25, 0.3) is 0 Å². The predicted molar refractivity (Wildman–Crippen MR) is 68.6 cm³/mol. The van der Waals surface area contributed by atoms with Crippen molar-refractivity contribution >= 4 is 5.97 Å². The van der Waals surface area contributed by atoms with Crippen LogP contribution in [0.3, 0.4) is 0 Å². The van der Waals surface area contributed by atoms with E-state index in [1.54, 1.807) is 6.07 Å². The summed E-state index contributed by atoms with van der Waals surface area (Å²) in [5, 5.41) is 8.82. The standard InChI is InChI=1S/C14H21NO3/c1-15(8-11-5-3-2-4-6-11)9-13-7-12(10-18-13)14(16)17/h7,10-11H,2-6,8-9H2,1H3,(H,16,17). The molecular weight excluding hydrogens is 230 g/mol. The Morgan fingerprint density at radius 3 is 2.78 bits per heavy atom. The number of hydrogen-bond donors (Lipinski definition) is 1. The summed E-state index contributed by atoms with van der Waals surface area (Å²) in [7, 11) is 2.07. The highest BCUT2D eigenvalue weighted by molar-refractivity contribution is 5.87. The molecule has 0 bridgehead atoms. The zero-order valence-corrected chi connectivity index (χ0v) is 10.9. The Morgan fingerprint density at radius 2 is 2.17 bits per heavy atom. The van der Waals surface area contributed by atoms with Gasteiger partial charge in [0.15, 0.2) is 0 Å². The maximum absolute atomic E-state index is 10.7. The molecule has 1 saturated carbocycles. The molecule has 1 aliphatic carbocycles. The number of aromatic carboxylic acids is 1. The van der Waals surface area contributed by atoms with Crippen LogP contribution < -0.4 is 0 Å². The third-order valence-corrected chi connectivity index (χ3v) is 3.62. The van der Waals surface area contributed by atoms with Crippen LogP contribution in [0.1, 0.15) is 48.2 Å². The molecule has 0 atom stereocenters. The number of carboxylic acids is 1. The van der Waals surface area contributed by atoms with E-state index in [1.165, 1.54) is 38.4 Å². The lowest BCUT2D eigenvalue weighted by Gasteiger charge is -2.26. The Hall–Kier alpha value is -1.29. The van der Waals surface area contributed by atoms with Crippen LogP contribution in [0.25, 0.3) is 0 Å². The van der Waals surface area contributed by atoms with E-state index in [2.05, 4.69) is 11.9 Å². The average Bonchev–Trinajstić information content (AvgIpc) is 2.78. The van der Waals surface area contributed by atoms with Crippen molar-refractivity contribution in [1.82, 2.24) is 4.90 Å². The Kier molecular flexibility index (Phi) is 4.42. The van der Waals surface area contributed by atoms with Crippen LogP contribution in [0.15, 0.2) is 16.7 Å². The number of rotatable bonds is 5. The second-order valence-corrected chi connectivity index (χ2v) is 5.31. The van der Waals surface area contributed by atoms with E-state index in [4.69, 9.17) is 9.52 Å². The highest BCUT2D eigenvalue weighted by atomic mass is 16.4. The van der Waals surface area contributed by atoms with Gasteiger partial charge in [-0.2, -0.15) is 0 Å². The lowest BCUT2D eigenvalue weighted by atomic mass is 9.89.